The molecule has 3 heterocycles. The fourth-order valence-electron chi connectivity index (χ4n) is 4.22. The lowest BCUT2D eigenvalue weighted by molar-refractivity contribution is -0.119. The summed E-state index contributed by atoms with van der Waals surface area (Å²) in [5, 5.41) is 11.1. The molecule has 5 rings (SSSR count). The number of rotatable bonds is 10. The number of carbonyl (C=O) groups is 1. The van der Waals surface area contributed by atoms with Crippen molar-refractivity contribution in [2.24, 2.45) is 0 Å². The quantitative estimate of drug-likeness (QED) is 0.225. The van der Waals surface area contributed by atoms with E-state index in [4.69, 9.17) is 15.2 Å². The molecule has 0 radical (unpaired) electrons. The Morgan fingerprint density at radius 3 is 2.51 bits per heavy atom. The molecule has 0 aliphatic carbocycles. The molecule has 11 nitrogen and oxygen atoms in total. The number of amides is 1. The second-order valence-corrected chi connectivity index (χ2v) is 8.82. The molecule has 0 bridgehead atoms. The normalized spacial score (nSPS) is 11.0. The Hall–Kier alpha value is -5.17. The maximum atomic E-state index is 14.9. The Bertz CT molecular complexity index is 1690. The number of fused-ring (bicyclic) bond motifs is 1. The van der Waals surface area contributed by atoms with Gasteiger partial charge >= 0.3 is 0 Å². The Labute approximate surface area is 233 Å². The van der Waals surface area contributed by atoms with Crippen LogP contribution < -0.4 is 21.1 Å². The van der Waals surface area contributed by atoms with E-state index in [0.29, 0.717) is 22.3 Å². The number of para-hydroxylation sites is 1. The van der Waals surface area contributed by atoms with Gasteiger partial charge in [-0.1, -0.05) is 18.2 Å². The van der Waals surface area contributed by atoms with Gasteiger partial charge in [0.05, 0.1) is 18.7 Å². The molecule has 13 heteroatoms. The van der Waals surface area contributed by atoms with Gasteiger partial charge in [0.2, 0.25) is 0 Å². The van der Waals surface area contributed by atoms with Crippen LogP contribution in [0.3, 0.4) is 0 Å². The minimum absolute atomic E-state index is 0.0294. The highest BCUT2D eigenvalue weighted by Gasteiger charge is 2.22. The summed E-state index contributed by atoms with van der Waals surface area (Å²) in [6.07, 6.45) is 3.18. The first-order valence-corrected chi connectivity index (χ1v) is 12.6. The Kier molecular flexibility index (Phi) is 7.97. The molecule has 41 heavy (non-hydrogen) atoms. The van der Waals surface area contributed by atoms with E-state index in [0.717, 1.165) is 12.1 Å². The third-order valence-corrected chi connectivity index (χ3v) is 6.02. The van der Waals surface area contributed by atoms with Crippen LogP contribution >= 0.6 is 0 Å². The van der Waals surface area contributed by atoms with Crippen LogP contribution in [-0.2, 0) is 16.1 Å². The molecule has 0 aliphatic heterocycles. The number of anilines is 4. The van der Waals surface area contributed by atoms with Gasteiger partial charge in [0, 0.05) is 48.3 Å². The molecule has 210 valence electrons. The number of hydrogen-bond donors (Lipinski definition) is 3. The molecule has 0 atom stereocenters. The first-order valence-electron chi connectivity index (χ1n) is 12.6. The summed E-state index contributed by atoms with van der Waals surface area (Å²) in [7, 11) is 1.39. The zero-order valence-electron chi connectivity index (χ0n) is 22.2. The van der Waals surface area contributed by atoms with Crippen molar-refractivity contribution in [1.29, 1.82) is 0 Å². The molecule has 0 saturated carbocycles. The van der Waals surface area contributed by atoms with Gasteiger partial charge in [0.1, 0.15) is 35.4 Å². The zero-order valence-corrected chi connectivity index (χ0v) is 22.2. The molecule has 0 unspecified atom stereocenters. The topological polar surface area (TPSA) is 142 Å². The van der Waals surface area contributed by atoms with Crippen molar-refractivity contribution in [3.05, 3.63) is 78.1 Å². The SMILES string of the molecule is CCOc1cc(F)c(Cn2nc(-c3nc(N)c(NC(=O)COC)c(Nc4ccncc4)n3)c3ccccc32)c(F)c1. The molecule has 1 amide bonds. The summed E-state index contributed by atoms with van der Waals surface area (Å²) in [6, 6.07) is 12.9. The summed E-state index contributed by atoms with van der Waals surface area (Å²) in [4.78, 5) is 25.4. The number of pyridine rings is 1. The number of ether oxygens (including phenoxy) is 2. The molecule has 3 aromatic heterocycles. The third kappa shape index (κ3) is 5.89. The van der Waals surface area contributed by atoms with E-state index in [2.05, 4.69) is 30.7 Å². The molecule has 0 aliphatic rings. The van der Waals surface area contributed by atoms with Crippen molar-refractivity contribution in [2.75, 3.05) is 36.7 Å². The minimum atomic E-state index is -0.755. The number of methoxy groups -OCH3 is 1. The second-order valence-electron chi connectivity index (χ2n) is 8.82. The first-order chi connectivity index (χ1) is 19.9. The van der Waals surface area contributed by atoms with Crippen LogP contribution in [0.4, 0.5) is 31.8 Å². The zero-order chi connectivity index (χ0) is 28.9. The fraction of sp³-hybridized carbons (Fsp3) is 0.179. The highest BCUT2D eigenvalue weighted by atomic mass is 19.1. The number of nitrogen functional groups attached to an aromatic ring is 1. The van der Waals surface area contributed by atoms with Crippen LogP contribution in [0.2, 0.25) is 0 Å². The number of nitrogens with zero attached hydrogens (tertiary/aromatic N) is 5. The van der Waals surface area contributed by atoms with Crippen LogP contribution in [0.25, 0.3) is 22.4 Å². The number of nitrogens with two attached hydrogens (primary N) is 1. The third-order valence-electron chi connectivity index (χ3n) is 6.02. The summed E-state index contributed by atoms with van der Waals surface area (Å²) < 4.78 is 41.4. The van der Waals surface area contributed by atoms with Gasteiger partial charge in [0.15, 0.2) is 17.5 Å². The van der Waals surface area contributed by atoms with E-state index in [1.165, 1.54) is 11.8 Å². The molecule has 4 N–H and O–H groups in total. The lowest BCUT2D eigenvalue weighted by Crippen LogP contribution is -2.20. The van der Waals surface area contributed by atoms with E-state index in [1.807, 2.05) is 0 Å². The smallest absolute Gasteiger partial charge is 0.250 e. The van der Waals surface area contributed by atoms with Gasteiger partial charge in [-0.2, -0.15) is 5.10 Å². The molecule has 0 spiro atoms. The average molecular weight is 561 g/mol. The Balaban J connectivity index is 1.60. The van der Waals surface area contributed by atoms with Crippen molar-refractivity contribution in [2.45, 2.75) is 13.5 Å². The van der Waals surface area contributed by atoms with Crippen molar-refractivity contribution in [3.8, 4) is 17.3 Å². The molecule has 0 fully saturated rings. The van der Waals surface area contributed by atoms with Gasteiger partial charge in [-0.05, 0) is 25.1 Å². The predicted molar refractivity (Wildman–Crippen MR) is 150 cm³/mol. The number of nitrogens with one attached hydrogen (secondary N) is 2. The molecule has 2 aromatic carbocycles. The summed E-state index contributed by atoms with van der Waals surface area (Å²) in [5.41, 5.74) is 7.83. The van der Waals surface area contributed by atoms with E-state index in [-0.39, 0.29) is 54.2 Å². The predicted octanol–water partition coefficient (Wildman–Crippen LogP) is 4.52. The van der Waals surface area contributed by atoms with Crippen molar-refractivity contribution in [1.82, 2.24) is 24.7 Å². The maximum absolute atomic E-state index is 14.9. The van der Waals surface area contributed by atoms with Crippen LogP contribution in [0, 0.1) is 11.6 Å². The summed E-state index contributed by atoms with van der Waals surface area (Å²) in [5.74, 6) is -1.56. The van der Waals surface area contributed by atoms with Gasteiger partial charge in [-0.25, -0.2) is 18.7 Å². The lowest BCUT2D eigenvalue weighted by Gasteiger charge is -2.15. The first kappa shape index (κ1) is 27.4. The lowest BCUT2D eigenvalue weighted by atomic mass is 10.1. The molecular formula is C28H26F2N8O3. The number of aromatic nitrogens is 5. The van der Waals surface area contributed by atoms with Crippen LogP contribution in [-0.4, -0.2) is 51.0 Å². The molecule has 0 saturated heterocycles. The maximum Gasteiger partial charge on any atom is 0.250 e. The minimum Gasteiger partial charge on any atom is -0.494 e. The average Bonchev–Trinajstić information content (AvgIpc) is 3.32. The van der Waals surface area contributed by atoms with Gasteiger partial charge in [-0.3, -0.25) is 14.5 Å². The van der Waals surface area contributed by atoms with Crippen LogP contribution in [0.15, 0.2) is 60.9 Å². The van der Waals surface area contributed by atoms with E-state index in [9.17, 15) is 13.6 Å². The van der Waals surface area contributed by atoms with Crippen molar-refractivity contribution >= 4 is 39.8 Å². The second kappa shape index (κ2) is 11.9. The van der Waals surface area contributed by atoms with Gasteiger partial charge in [-0.15, -0.1) is 0 Å². The number of hydrogen-bond acceptors (Lipinski definition) is 9. The number of carbonyl (C=O) groups excluding carboxylic acids is 1. The van der Waals surface area contributed by atoms with Crippen LogP contribution in [0.5, 0.6) is 5.75 Å². The largest absolute Gasteiger partial charge is 0.494 e. The van der Waals surface area contributed by atoms with Gasteiger partial charge < -0.3 is 25.8 Å². The Morgan fingerprint density at radius 1 is 1.07 bits per heavy atom. The molecule has 5 aromatic rings. The highest BCUT2D eigenvalue weighted by Crippen LogP contribution is 2.34. The van der Waals surface area contributed by atoms with Crippen molar-refractivity contribution < 1.29 is 23.0 Å². The standard InChI is InChI=1S/C28H26F2N8O3/c1-3-41-17-12-20(29)19(21(30)13-17)14-38-22-7-5-4-6-18(22)24(37-38)27-35-26(31)25(34-23(39)15-40-2)28(36-27)33-16-8-10-32-11-9-16/h4-13H,3,14-15H2,1-2H3,(H,34,39)(H3,31,32,33,35,36). The Morgan fingerprint density at radius 2 is 1.80 bits per heavy atom. The molecular weight excluding hydrogens is 534 g/mol. The van der Waals surface area contributed by atoms with Gasteiger partial charge in [0.25, 0.3) is 5.91 Å². The van der Waals surface area contributed by atoms with E-state index in [1.54, 1.807) is 55.7 Å². The van der Waals surface area contributed by atoms with E-state index < -0.39 is 17.5 Å². The monoisotopic (exact) mass is 560 g/mol. The highest BCUT2D eigenvalue weighted by molar-refractivity contribution is 5.99. The number of halogens is 2. The fourth-order valence-corrected chi connectivity index (χ4v) is 4.22. The van der Waals surface area contributed by atoms with Crippen molar-refractivity contribution in [3.63, 3.8) is 0 Å². The number of benzene rings is 2. The van der Waals surface area contributed by atoms with E-state index >= 15 is 0 Å². The summed E-state index contributed by atoms with van der Waals surface area (Å²) >= 11 is 0. The van der Waals surface area contributed by atoms with Crippen LogP contribution in [0.1, 0.15) is 12.5 Å². The summed E-state index contributed by atoms with van der Waals surface area (Å²) in [6.45, 7) is 1.60.